The van der Waals surface area contributed by atoms with E-state index in [-0.39, 0.29) is 5.78 Å². The first-order chi connectivity index (χ1) is 7.93. The van der Waals surface area contributed by atoms with Gasteiger partial charge < -0.3 is 9.59 Å². The van der Waals surface area contributed by atoms with Crippen LogP contribution in [0.25, 0.3) is 0 Å². The summed E-state index contributed by atoms with van der Waals surface area (Å²) in [4.78, 5) is 12.3. The minimum atomic E-state index is -1.19. The molecule has 0 aromatic heterocycles. The number of quaternary nitrogens is 1. The molecule has 0 radical (unpaired) electrons. The highest BCUT2D eigenvalue weighted by molar-refractivity contribution is 6.02. The van der Waals surface area contributed by atoms with E-state index in [9.17, 15) is 9.90 Å². The van der Waals surface area contributed by atoms with E-state index in [1.165, 1.54) is 0 Å². The van der Waals surface area contributed by atoms with Crippen LogP contribution in [-0.2, 0) is 0 Å². The number of Topliss-reactive ketones (excluding diaryl/α,β-unsaturated/α-hetero) is 1. The number of carbonyl (C=O) groups is 1. The summed E-state index contributed by atoms with van der Waals surface area (Å²) in [5, 5.41) is 10.6. The first-order valence-corrected chi connectivity index (χ1v) is 6.07. The summed E-state index contributed by atoms with van der Waals surface area (Å²) in [7, 11) is 4.12. The molecule has 1 aliphatic heterocycles. The van der Waals surface area contributed by atoms with E-state index < -0.39 is 5.60 Å². The molecule has 0 aliphatic carbocycles. The highest BCUT2D eigenvalue weighted by Gasteiger charge is 2.45. The van der Waals surface area contributed by atoms with E-state index in [1.807, 2.05) is 18.2 Å². The van der Waals surface area contributed by atoms with Gasteiger partial charge in [-0.1, -0.05) is 30.3 Å². The van der Waals surface area contributed by atoms with Crippen molar-refractivity contribution in [2.75, 3.05) is 27.2 Å². The quantitative estimate of drug-likeness (QED) is 0.621. The lowest BCUT2D eigenvalue weighted by Gasteiger charge is -2.42. The van der Waals surface area contributed by atoms with Crippen LogP contribution in [0.1, 0.15) is 23.2 Å². The molecule has 0 spiro atoms. The summed E-state index contributed by atoms with van der Waals surface area (Å²) in [6, 6.07) is 9.09. The SMILES string of the molecule is C[N+]1(C)CCC[C@@](O)(C(=O)c2ccccc2)C1. The van der Waals surface area contributed by atoms with Crippen molar-refractivity contribution in [3.63, 3.8) is 0 Å². The van der Waals surface area contributed by atoms with Crippen LogP contribution in [0.15, 0.2) is 30.3 Å². The second-order valence-electron chi connectivity index (χ2n) is 5.65. The predicted molar refractivity (Wildman–Crippen MR) is 66.8 cm³/mol. The number of piperidine rings is 1. The number of likely N-dealkylation sites (N-methyl/N-ethyl adjacent to an activating group) is 1. The molecule has 3 heteroatoms. The van der Waals surface area contributed by atoms with Crippen molar-refractivity contribution in [3.05, 3.63) is 35.9 Å². The largest absolute Gasteiger partial charge is 0.376 e. The molecule has 0 saturated carbocycles. The van der Waals surface area contributed by atoms with E-state index in [0.29, 0.717) is 23.0 Å². The summed E-state index contributed by atoms with van der Waals surface area (Å²) in [6.45, 7) is 1.52. The molecule has 3 nitrogen and oxygen atoms in total. The van der Waals surface area contributed by atoms with E-state index in [1.54, 1.807) is 12.1 Å². The van der Waals surface area contributed by atoms with Gasteiger partial charge in [0.05, 0.1) is 20.6 Å². The Hall–Kier alpha value is -1.19. The molecule has 1 aromatic carbocycles. The number of ketones is 1. The predicted octanol–water partition coefficient (Wildman–Crippen LogP) is 1.47. The molecule has 1 aliphatic rings. The molecule has 1 aromatic rings. The van der Waals surface area contributed by atoms with Gasteiger partial charge in [-0.05, 0) is 12.8 Å². The molecule has 2 rings (SSSR count). The average molecular weight is 234 g/mol. The van der Waals surface area contributed by atoms with E-state index in [0.717, 1.165) is 13.0 Å². The van der Waals surface area contributed by atoms with Gasteiger partial charge in [0.15, 0.2) is 11.4 Å². The van der Waals surface area contributed by atoms with Crippen molar-refractivity contribution >= 4 is 5.78 Å². The summed E-state index contributed by atoms with van der Waals surface area (Å²) in [6.07, 6.45) is 1.46. The Labute approximate surface area is 102 Å². The molecule has 0 amide bonds. The number of carbonyl (C=O) groups excluding carboxylic acids is 1. The van der Waals surface area contributed by atoms with Gasteiger partial charge in [0.2, 0.25) is 0 Å². The Morgan fingerprint density at radius 2 is 1.94 bits per heavy atom. The third-order valence-corrected chi connectivity index (χ3v) is 3.50. The number of nitrogens with zero attached hydrogens (tertiary/aromatic N) is 1. The third-order valence-electron chi connectivity index (χ3n) is 3.50. The van der Waals surface area contributed by atoms with Crippen LogP contribution in [0.4, 0.5) is 0 Å². The molecular weight excluding hydrogens is 214 g/mol. The van der Waals surface area contributed by atoms with Crippen LogP contribution in [0, 0.1) is 0 Å². The Balaban J connectivity index is 2.24. The molecule has 1 saturated heterocycles. The molecule has 17 heavy (non-hydrogen) atoms. The van der Waals surface area contributed by atoms with Gasteiger partial charge in [0.1, 0.15) is 6.54 Å². The number of hydrogen-bond donors (Lipinski definition) is 1. The zero-order chi connectivity index (χ0) is 12.5. The summed E-state index contributed by atoms with van der Waals surface area (Å²) < 4.78 is 0.703. The lowest BCUT2D eigenvalue weighted by Crippen LogP contribution is -2.59. The molecule has 1 fully saturated rings. The topological polar surface area (TPSA) is 37.3 Å². The van der Waals surface area contributed by atoms with Crippen LogP contribution >= 0.6 is 0 Å². The zero-order valence-electron chi connectivity index (χ0n) is 10.5. The molecular formula is C14H20NO2+. The maximum Gasteiger partial charge on any atom is 0.200 e. The monoisotopic (exact) mass is 234 g/mol. The zero-order valence-corrected chi connectivity index (χ0v) is 10.5. The standard InChI is InChI=1S/C14H20NO2/c1-15(2)10-6-9-14(17,11-15)13(16)12-7-4-3-5-8-12/h3-5,7-8,17H,6,9-11H2,1-2H3/q+1/t14-/m0/s1. The van der Waals surface area contributed by atoms with Crippen LogP contribution in [0.5, 0.6) is 0 Å². The van der Waals surface area contributed by atoms with E-state index in [2.05, 4.69) is 14.1 Å². The van der Waals surface area contributed by atoms with Gasteiger partial charge in [0, 0.05) is 5.56 Å². The first kappa shape index (κ1) is 12.3. The number of rotatable bonds is 2. The Morgan fingerprint density at radius 3 is 2.53 bits per heavy atom. The lowest BCUT2D eigenvalue weighted by atomic mass is 9.84. The van der Waals surface area contributed by atoms with Gasteiger partial charge in [-0.15, -0.1) is 0 Å². The Morgan fingerprint density at radius 1 is 1.29 bits per heavy atom. The number of aliphatic hydroxyl groups is 1. The van der Waals surface area contributed by atoms with Gasteiger partial charge in [-0.3, -0.25) is 4.79 Å². The van der Waals surface area contributed by atoms with Crippen molar-refractivity contribution in [3.8, 4) is 0 Å². The molecule has 92 valence electrons. The summed E-state index contributed by atoms with van der Waals surface area (Å²) in [5.74, 6) is -0.135. The number of likely N-dealkylation sites (tertiary alicyclic amines) is 1. The lowest BCUT2D eigenvalue weighted by molar-refractivity contribution is -0.900. The van der Waals surface area contributed by atoms with Crippen molar-refractivity contribution < 1.29 is 14.4 Å². The average Bonchev–Trinajstić information content (AvgIpc) is 2.27. The van der Waals surface area contributed by atoms with E-state index in [4.69, 9.17) is 0 Å². The second-order valence-corrected chi connectivity index (χ2v) is 5.65. The normalized spacial score (nSPS) is 27.7. The third kappa shape index (κ3) is 2.56. The van der Waals surface area contributed by atoms with Crippen molar-refractivity contribution in [2.24, 2.45) is 0 Å². The maximum absolute atomic E-state index is 12.3. The summed E-state index contributed by atoms with van der Waals surface area (Å²) >= 11 is 0. The molecule has 1 N–H and O–H groups in total. The minimum Gasteiger partial charge on any atom is -0.376 e. The van der Waals surface area contributed by atoms with Crippen molar-refractivity contribution in [2.45, 2.75) is 18.4 Å². The number of hydrogen-bond acceptors (Lipinski definition) is 2. The molecule has 0 unspecified atom stereocenters. The maximum atomic E-state index is 12.3. The van der Waals surface area contributed by atoms with Crippen LogP contribution in [0.3, 0.4) is 0 Å². The Bertz CT molecular complexity index is 413. The fourth-order valence-corrected chi connectivity index (χ4v) is 2.71. The fourth-order valence-electron chi connectivity index (χ4n) is 2.71. The minimum absolute atomic E-state index is 0.135. The van der Waals surface area contributed by atoms with E-state index >= 15 is 0 Å². The highest BCUT2D eigenvalue weighted by Crippen LogP contribution is 2.27. The van der Waals surface area contributed by atoms with Crippen LogP contribution in [0.2, 0.25) is 0 Å². The van der Waals surface area contributed by atoms with Crippen molar-refractivity contribution in [1.82, 2.24) is 0 Å². The second kappa shape index (κ2) is 4.24. The van der Waals surface area contributed by atoms with Crippen LogP contribution < -0.4 is 0 Å². The fraction of sp³-hybridized carbons (Fsp3) is 0.500. The van der Waals surface area contributed by atoms with Gasteiger partial charge in [-0.25, -0.2) is 0 Å². The van der Waals surface area contributed by atoms with Gasteiger partial charge in [-0.2, -0.15) is 0 Å². The Kier molecular flexibility index (Phi) is 3.06. The van der Waals surface area contributed by atoms with Gasteiger partial charge >= 0.3 is 0 Å². The highest BCUT2D eigenvalue weighted by atomic mass is 16.3. The van der Waals surface area contributed by atoms with Crippen LogP contribution in [-0.4, -0.2) is 48.2 Å². The smallest absolute Gasteiger partial charge is 0.200 e. The molecule has 1 heterocycles. The van der Waals surface area contributed by atoms with Crippen molar-refractivity contribution in [1.29, 1.82) is 0 Å². The molecule has 0 bridgehead atoms. The molecule has 1 atom stereocenters. The van der Waals surface area contributed by atoms with Gasteiger partial charge in [0.25, 0.3) is 0 Å². The summed E-state index contributed by atoms with van der Waals surface area (Å²) in [5.41, 5.74) is -0.583. The number of benzene rings is 1. The first-order valence-electron chi connectivity index (χ1n) is 6.07.